The SMILES string of the molecule is CCc1nc2c(n1-c1ccccc1)C(C)CC(C#N)=C2. The number of aryl methyl sites for hydroxylation is 1. The van der Waals surface area contributed by atoms with Crippen LogP contribution in [0.1, 0.15) is 43.4 Å². The fourth-order valence-corrected chi connectivity index (χ4v) is 2.91. The third kappa shape index (κ3) is 1.94. The van der Waals surface area contributed by atoms with Gasteiger partial charge in [0.1, 0.15) is 5.82 Å². The van der Waals surface area contributed by atoms with Gasteiger partial charge in [0.15, 0.2) is 0 Å². The van der Waals surface area contributed by atoms with Gasteiger partial charge in [-0.1, -0.05) is 32.0 Å². The number of aromatic nitrogens is 2. The maximum absolute atomic E-state index is 9.13. The monoisotopic (exact) mass is 263 g/mol. The minimum absolute atomic E-state index is 0.317. The Labute approximate surface area is 119 Å². The van der Waals surface area contributed by atoms with Gasteiger partial charge in [-0.05, 0) is 24.6 Å². The molecular formula is C17H17N3. The Morgan fingerprint density at radius 1 is 1.35 bits per heavy atom. The number of hydrogen-bond acceptors (Lipinski definition) is 2. The third-order valence-corrected chi connectivity index (χ3v) is 3.79. The van der Waals surface area contributed by atoms with E-state index < -0.39 is 0 Å². The molecule has 0 amide bonds. The van der Waals surface area contributed by atoms with E-state index in [2.05, 4.69) is 36.6 Å². The molecule has 2 aromatic rings. The molecule has 1 aromatic heterocycles. The first-order chi connectivity index (χ1) is 9.74. The highest BCUT2D eigenvalue weighted by molar-refractivity contribution is 5.62. The second-order valence-corrected chi connectivity index (χ2v) is 5.21. The van der Waals surface area contributed by atoms with Crippen molar-refractivity contribution in [2.45, 2.75) is 32.6 Å². The van der Waals surface area contributed by atoms with Gasteiger partial charge < -0.3 is 0 Å². The summed E-state index contributed by atoms with van der Waals surface area (Å²) in [5.41, 5.74) is 4.16. The van der Waals surface area contributed by atoms with Crippen LogP contribution in [0, 0.1) is 11.3 Å². The molecule has 0 fully saturated rings. The normalized spacial score (nSPS) is 17.2. The minimum Gasteiger partial charge on any atom is -0.300 e. The Morgan fingerprint density at radius 3 is 2.75 bits per heavy atom. The predicted molar refractivity (Wildman–Crippen MR) is 79.6 cm³/mol. The third-order valence-electron chi connectivity index (χ3n) is 3.79. The van der Waals surface area contributed by atoms with Gasteiger partial charge in [-0.3, -0.25) is 4.57 Å². The number of nitriles is 1. The molecule has 0 radical (unpaired) electrons. The lowest BCUT2D eigenvalue weighted by Gasteiger charge is -2.20. The number of para-hydroxylation sites is 1. The van der Waals surface area contributed by atoms with Crippen molar-refractivity contribution in [1.82, 2.24) is 9.55 Å². The maximum atomic E-state index is 9.13. The van der Waals surface area contributed by atoms with Crippen molar-refractivity contribution in [2.24, 2.45) is 0 Å². The average molecular weight is 263 g/mol. The highest BCUT2D eigenvalue weighted by atomic mass is 15.1. The van der Waals surface area contributed by atoms with Gasteiger partial charge >= 0.3 is 0 Å². The molecule has 0 aliphatic heterocycles. The van der Waals surface area contributed by atoms with E-state index in [1.807, 2.05) is 24.3 Å². The van der Waals surface area contributed by atoms with Gasteiger partial charge in [-0.2, -0.15) is 5.26 Å². The Hall–Kier alpha value is -2.34. The van der Waals surface area contributed by atoms with E-state index >= 15 is 0 Å². The molecule has 1 unspecified atom stereocenters. The van der Waals surface area contributed by atoms with Gasteiger partial charge in [-0.15, -0.1) is 0 Å². The first-order valence-corrected chi connectivity index (χ1v) is 7.02. The van der Waals surface area contributed by atoms with Crippen LogP contribution in [-0.4, -0.2) is 9.55 Å². The van der Waals surface area contributed by atoms with Crippen LogP contribution >= 0.6 is 0 Å². The van der Waals surface area contributed by atoms with Crippen molar-refractivity contribution < 1.29 is 0 Å². The Balaban J connectivity index is 2.24. The van der Waals surface area contributed by atoms with Gasteiger partial charge in [0.25, 0.3) is 0 Å². The summed E-state index contributed by atoms with van der Waals surface area (Å²) in [6.07, 6.45) is 3.61. The quantitative estimate of drug-likeness (QED) is 0.825. The summed E-state index contributed by atoms with van der Waals surface area (Å²) in [7, 11) is 0. The number of benzene rings is 1. The fourth-order valence-electron chi connectivity index (χ4n) is 2.91. The molecule has 0 bridgehead atoms. The zero-order valence-corrected chi connectivity index (χ0v) is 11.8. The van der Waals surface area contributed by atoms with Crippen LogP contribution in [0.25, 0.3) is 11.8 Å². The summed E-state index contributed by atoms with van der Waals surface area (Å²) in [5.74, 6) is 1.38. The smallest absolute Gasteiger partial charge is 0.113 e. The number of hydrogen-bond donors (Lipinski definition) is 0. The molecule has 0 saturated carbocycles. The first-order valence-electron chi connectivity index (χ1n) is 7.02. The summed E-state index contributed by atoms with van der Waals surface area (Å²) in [6.45, 7) is 4.29. The number of fused-ring (bicyclic) bond motifs is 1. The van der Waals surface area contributed by atoms with Crippen LogP contribution in [0.4, 0.5) is 0 Å². The molecule has 1 aliphatic carbocycles. The van der Waals surface area contributed by atoms with Crippen LogP contribution in [0.2, 0.25) is 0 Å². The van der Waals surface area contributed by atoms with Crippen LogP contribution in [-0.2, 0) is 6.42 Å². The topological polar surface area (TPSA) is 41.6 Å². The standard InChI is InChI=1S/C17H17N3/c1-3-16-19-15-10-13(11-18)9-12(2)17(15)20(16)14-7-5-4-6-8-14/h4-8,10,12H,3,9H2,1-2H3. The van der Waals surface area contributed by atoms with E-state index in [0.717, 1.165) is 35.6 Å². The van der Waals surface area contributed by atoms with E-state index in [-0.39, 0.29) is 0 Å². The summed E-state index contributed by atoms with van der Waals surface area (Å²) < 4.78 is 2.25. The first kappa shape index (κ1) is 12.7. The summed E-state index contributed by atoms with van der Waals surface area (Å²) in [4.78, 5) is 4.73. The number of nitrogens with zero attached hydrogens (tertiary/aromatic N) is 3. The van der Waals surface area contributed by atoms with E-state index in [1.165, 1.54) is 5.69 Å². The second kappa shape index (κ2) is 4.97. The molecule has 1 aliphatic rings. The van der Waals surface area contributed by atoms with Crippen LogP contribution in [0.5, 0.6) is 0 Å². The predicted octanol–water partition coefficient (Wildman–Crippen LogP) is 3.85. The molecular weight excluding hydrogens is 246 g/mol. The average Bonchev–Trinajstić information content (AvgIpc) is 2.87. The van der Waals surface area contributed by atoms with E-state index in [0.29, 0.717) is 5.92 Å². The van der Waals surface area contributed by atoms with Crippen LogP contribution in [0.3, 0.4) is 0 Å². The molecule has 0 saturated heterocycles. The van der Waals surface area contributed by atoms with Crippen LogP contribution < -0.4 is 0 Å². The van der Waals surface area contributed by atoms with Crippen LogP contribution in [0.15, 0.2) is 35.9 Å². The second-order valence-electron chi connectivity index (χ2n) is 5.21. The van der Waals surface area contributed by atoms with Crippen molar-refractivity contribution in [3.63, 3.8) is 0 Å². The van der Waals surface area contributed by atoms with Crippen molar-refractivity contribution >= 4 is 6.08 Å². The van der Waals surface area contributed by atoms with E-state index in [1.54, 1.807) is 0 Å². The van der Waals surface area contributed by atoms with Gasteiger partial charge in [0, 0.05) is 23.6 Å². The zero-order chi connectivity index (χ0) is 14.1. The highest BCUT2D eigenvalue weighted by Crippen LogP contribution is 2.35. The molecule has 0 N–H and O–H groups in total. The molecule has 1 atom stereocenters. The van der Waals surface area contributed by atoms with Gasteiger partial charge in [-0.25, -0.2) is 4.98 Å². The molecule has 20 heavy (non-hydrogen) atoms. The number of rotatable bonds is 2. The van der Waals surface area contributed by atoms with Crippen molar-refractivity contribution in [2.75, 3.05) is 0 Å². The molecule has 1 heterocycles. The van der Waals surface area contributed by atoms with Crippen molar-refractivity contribution in [1.29, 1.82) is 5.26 Å². The van der Waals surface area contributed by atoms with Crippen molar-refractivity contribution in [3.05, 3.63) is 53.1 Å². The highest BCUT2D eigenvalue weighted by Gasteiger charge is 2.25. The van der Waals surface area contributed by atoms with E-state index in [9.17, 15) is 0 Å². The fraction of sp³-hybridized carbons (Fsp3) is 0.294. The Kier molecular flexibility index (Phi) is 3.15. The molecule has 3 rings (SSSR count). The van der Waals surface area contributed by atoms with Gasteiger partial charge in [0.05, 0.1) is 17.5 Å². The Morgan fingerprint density at radius 2 is 2.10 bits per heavy atom. The minimum atomic E-state index is 0.317. The number of allylic oxidation sites excluding steroid dienone is 1. The molecule has 1 aromatic carbocycles. The molecule has 100 valence electrons. The number of imidazole rings is 1. The molecule has 0 spiro atoms. The van der Waals surface area contributed by atoms with E-state index in [4.69, 9.17) is 10.2 Å². The van der Waals surface area contributed by atoms with Crippen molar-refractivity contribution in [3.8, 4) is 11.8 Å². The largest absolute Gasteiger partial charge is 0.300 e. The Bertz CT molecular complexity index is 702. The lowest BCUT2D eigenvalue weighted by Crippen LogP contribution is -2.10. The summed E-state index contributed by atoms with van der Waals surface area (Å²) in [5, 5.41) is 9.13. The van der Waals surface area contributed by atoms with Gasteiger partial charge in [0.2, 0.25) is 0 Å². The molecule has 3 nitrogen and oxygen atoms in total. The summed E-state index contributed by atoms with van der Waals surface area (Å²) >= 11 is 0. The lowest BCUT2D eigenvalue weighted by molar-refractivity contribution is 0.696. The maximum Gasteiger partial charge on any atom is 0.113 e. The zero-order valence-electron chi connectivity index (χ0n) is 11.8. The summed E-state index contributed by atoms with van der Waals surface area (Å²) in [6, 6.07) is 12.6. The molecule has 3 heteroatoms. The lowest BCUT2D eigenvalue weighted by atomic mass is 9.91.